The topological polar surface area (TPSA) is 83.1 Å². The summed E-state index contributed by atoms with van der Waals surface area (Å²) in [7, 11) is 4.65. The maximum Gasteiger partial charge on any atom is 0.310 e. The van der Waals surface area contributed by atoms with Gasteiger partial charge in [0.15, 0.2) is 18.1 Å². The van der Waals surface area contributed by atoms with Crippen molar-refractivity contribution in [3.05, 3.63) is 53.6 Å². The van der Waals surface area contributed by atoms with Gasteiger partial charge >= 0.3 is 5.97 Å². The summed E-state index contributed by atoms with van der Waals surface area (Å²) in [6.45, 7) is 0.0122. The van der Waals surface area contributed by atoms with Gasteiger partial charge in [-0.15, -0.1) is 0 Å². The highest BCUT2D eigenvalue weighted by atomic mass is 16.5. The summed E-state index contributed by atoms with van der Waals surface area (Å²) in [5, 5.41) is 2.70. The molecule has 0 atom stereocenters. The van der Waals surface area contributed by atoms with Crippen molar-refractivity contribution in [1.82, 2.24) is 5.32 Å². The molecule has 2 aromatic rings. The Morgan fingerprint density at radius 1 is 0.852 bits per heavy atom. The molecule has 1 amide bonds. The van der Waals surface area contributed by atoms with Crippen molar-refractivity contribution in [2.24, 2.45) is 0 Å². The van der Waals surface area contributed by atoms with E-state index in [9.17, 15) is 9.59 Å². The average molecular weight is 373 g/mol. The van der Waals surface area contributed by atoms with Crippen molar-refractivity contribution in [3.63, 3.8) is 0 Å². The van der Waals surface area contributed by atoms with Crippen molar-refractivity contribution >= 4 is 11.9 Å². The predicted molar refractivity (Wildman–Crippen MR) is 99.0 cm³/mol. The highest BCUT2D eigenvalue weighted by molar-refractivity contribution is 5.81. The molecule has 27 heavy (non-hydrogen) atoms. The molecule has 0 aliphatic heterocycles. The fourth-order valence-electron chi connectivity index (χ4n) is 2.35. The van der Waals surface area contributed by atoms with Crippen molar-refractivity contribution in [1.29, 1.82) is 0 Å². The number of carbonyl (C=O) groups excluding carboxylic acids is 2. The minimum absolute atomic E-state index is 0.0338. The molecule has 0 saturated carbocycles. The molecule has 7 heteroatoms. The number of hydrogen-bond donors (Lipinski definition) is 1. The third-order valence-electron chi connectivity index (χ3n) is 3.81. The van der Waals surface area contributed by atoms with E-state index in [1.807, 2.05) is 24.3 Å². The highest BCUT2D eigenvalue weighted by Crippen LogP contribution is 2.27. The van der Waals surface area contributed by atoms with Crippen molar-refractivity contribution < 1.29 is 28.5 Å². The lowest BCUT2D eigenvalue weighted by Crippen LogP contribution is -2.28. The summed E-state index contributed by atoms with van der Waals surface area (Å²) in [5.41, 5.74) is 1.62. The van der Waals surface area contributed by atoms with Gasteiger partial charge in [-0.2, -0.15) is 0 Å². The maximum absolute atomic E-state index is 11.9. The summed E-state index contributed by atoms with van der Waals surface area (Å²) in [4.78, 5) is 23.8. The first-order valence-electron chi connectivity index (χ1n) is 8.32. The molecule has 1 N–H and O–H groups in total. The maximum atomic E-state index is 11.9. The Bertz CT molecular complexity index is 773. The molecule has 0 aliphatic rings. The number of hydrogen-bond acceptors (Lipinski definition) is 6. The fourth-order valence-corrected chi connectivity index (χ4v) is 2.35. The first-order valence-corrected chi connectivity index (χ1v) is 8.32. The second kappa shape index (κ2) is 10.1. The van der Waals surface area contributed by atoms with E-state index in [-0.39, 0.29) is 18.9 Å². The second-order valence-corrected chi connectivity index (χ2v) is 5.65. The SMILES string of the molecule is COc1ccc(CNC(=O)COC(=O)Cc2ccc(OC)c(OC)c2)cc1. The predicted octanol–water partition coefficient (Wildman–Crippen LogP) is 2.11. The molecule has 0 radical (unpaired) electrons. The Hall–Kier alpha value is -3.22. The van der Waals surface area contributed by atoms with Gasteiger partial charge < -0.3 is 24.3 Å². The molecule has 0 heterocycles. The van der Waals surface area contributed by atoms with Gasteiger partial charge in [0.1, 0.15) is 5.75 Å². The summed E-state index contributed by atoms with van der Waals surface area (Å²) in [6, 6.07) is 12.5. The number of rotatable bonds is 9. The molecular formula is C20H23NO6. The number of amides is 1. The monoisotopic (exact) mass is 373 g/mol. The van der Waals surface area contributed by atoms with Crippen LogP contribution in [0, 0.1) is 0 Å². The number of benzene rings is 2. The van der Waals surface area contributed by atoms with E-state index in [2.05, 4.69) is 5.32 Å². The van der Waals surface area contributed by atoms with Gasteiger partial charge in [-0.3, -0.25) is 9.59 Å². The van der Waals surface area contributed by atoms with Crippen molar-refractivity contribution in [2.45, 2.75) is 13.0 Å². The summed E-state index contributed by atoms with van der Waals surface area (Å²) < 4.78 is 20.4. The normalized spacial score (nSPS) is 10.0. The van der Waals surface area contributed by atoms with Crippen LogP contribution in [0.4, 0.5) is 0 Å². The van der Waals surface area contributed by atoms with Crippen LogP contribution in [-0.2, 0) is 27.3 Å². The van der Waals surface area contributed by atoms with Gasteiger partial charge in [-0.05, 0) is 35.4 Å². The zero-order valence-electron chi connectivity index (χ0n) is 15.6. The van der Waals surface area contributed by atoms with Crippen LogP contribution in [0.3, 0.4) is 0 Å². The van der Waals surface area contributed by atoms with E-state index >= 15 is 0 Å². The Morgan fingerprint density at radius 2 is 1.52 bits per heavy atom. The van der Waals surface area contributed by atoms with Crippen LogP contribution in [-0.4, -0.2) is 39.8 Å². The molecule has 144 valence electrons. The van der Waals surface area contributed by atoms with Crippen LogP contribution >= 0.6 is 0 Å². The molecule has 0 bridgehead atoms. The molecule has 2 aromatic carbocycles. The van der Waals surface area contributed by atoms with E-state index < -0.39 is 5.97 Å². The van der Waals surface area contributed by atoms with Crippen LogP contribution in [0.5, 0.6) is 17.2 Å². The Labute approximate surface area is 158 Å². The first-order chi connectivity index (χ1) is 13.0. The van der Waals surface area contributed by atoms with Gasteiger partial charge in [0.05, 0.1) is 27.8 Å². The Morgan fingerprint density at radius 3 is 2.15 bits per heavy atom. The standard InChI is InChI=1S/C20H23NO6/c1-24-16-7-4-14(5-8-16)12-21-19(22)13-27-20(23)11-15-6-9-17(25-2)18(10-15)26-3/h4-10H,11-13H2,1-3H3,(H,21,22). The van der Waals surface area contributed by atoms with Gasteiger partial charge in [-0.25, -0.2) is 0 Å². The summed E-state index contributed by atoms with van der Waals surface area (Å²) in [6.07, 6.45) is 0.0338. The van der Waals surface area contributed by atoms with E-state index in [1.165, 1.54) is 14.2 Å². The van der Waals surface area contributed by atoms with E-state index in [0.717, 1.165) is 11.3 Å². The number of esters is 1. The van der Waals surface area contributed by atoms with E-state index in [0.29, 0.717) is 23.6 Å². The molecule has 2 rings (SSSR count). The van der Waals surface area contributed by atoms with Crippen LogP contribution in [0.2, 0.25) is 0 Å². The molecule has 0 fully saturated rings. The lowest BCUT2D eigenvalue weighted by molar-refractivity contribution is -0.147. The zero-order chi connectivity index (χ0) is 19.6. The lowest BCUT2D eigenvalue weighted by atomic mass is 10.1. The van der Waals surface area contributed by atoms with E-state index in [1.54, 1.807) is 25.3 Å². The molecule has 0 aromatic heterocycles. The smallest absolute Gasteiger partial charge is 0.310 e. The van der Waals surface area contributed by atoms with Crippen LogP contribution in [0.25, 0.3) is 0 Å². The fraction of sp³-hybridized carbons (Fsp3) is 0.300. The van der Waals surface area contributed by atoms with Gasteiger partial charge in [0.25, 0.3) is 5.91 Å². The second-order valence-electron chi connectivity index (χ2n) is 5.65. The molecule has 0 unspecified atom stereocenters. The third kappa shape index (κ3) is 6.22. The highest BCUT2D eigenvalue weighted by Gasteiger charge is 2.11. The molecular weight excluding hydrogens is 350 g/mol. The molecule has 7 nitrogen and oxygen atoms in total. The van der Waals surface area contributed by atoms with E-state index in [4.69, 9.17) is 18.9 Å². The van der Waals surface area contributed by atoms with Crippen LogP contribution < -0.4 is 19.5 Å². The van der Waals surface area contributed by atoms with Crippen LogP contribution in [0.1, 0.15) is 11.1 Å². The number of ether oxygens (including phenoxy) is 4. The van der Waals surface area contributed by atoms with Gasteiger partial charge in [0.2, 0.25) is 0 Å². The Balaban J connectivity index is 1.76. The largest absolute Gasteiger partial charge is 0.497 e. The van der Waals surface area contributed by atoms with Crippen LogP contribution in [0.15, 0.2) is 42.5 Å². The first kappa shape index (κ1) is 20.1. The van der Waals surface area contributed by atoms with Gasteiger partial charge in [0, 0.05) is 6.54 Å². The number of carbonyl (C=O) groups is 2. The molecule has 0 aliphatic carbocycles. The molecule has 0 saturated heterocycles. The summed E-state index contributed by atoms with van der Waals surface area (Å²) in [5.74, 6) is 0.982. The minimum Gasteiger partial charge on any atom is -0.497 e. The third-order valence-corrected chi connectivity index (χ3v) is 3.81. The number of methoxy groups -OCH3 is 3. The zero-order valence-corrected chi connectivity index (χ0v) is 15.6. The van der Waals surface area contributed by atoms with Crippen molar-refractivity contribution in [2.75, 3.05) is 27.9 Å². The average Bonchev–Trinajstić information content (AvgIpc) is 2.70. The lowest BCUT2D eigenvalue weighted by Gasteiger charge is -2.10. The minimum atomic E-state index is -0.498. The quantitative estimate of drug-likeness (QED) is 0.678. The van der Waals surface area contributed by atoms with Gasteiger partial charge in [-0.1, -0.05) is 18.2 Å². The summed E-state index contributed by atoms with van der Waals surface area (Å²) >= 11 is 0. The molecule has 0 spiro atoms. The van der Waals surface area contributed by atoms with Crippen molar-refractivity contribution in [3.8, 4) is 17.2 Å². The Kier molecular flexibility index (Phi) is 7.49. The number of nitrogens with one attached hydrogen (secondary N) is 1.